The highest BCUT2D eigenvalue weighted by Gasteiger charge is 2.28. The second-order valence-corrected chi connectivity index (χ2v) is 6.23. The largest absolute Gasteiger partial charge is 0.363 e. The average Bonchev–Trinajstić information content (AvgIpc) is 2.96. The Balaban J connectivity index is 1.61. The number of nitrogens with zero attached hydrogens (tertiary/aromatic N) is 4. The molecule has 0 saturated carbocycles. The zero-order valence-corrected chi connectivity index (χ0v) is 11.7. The molecule has 0 amide bonds. The molecular formula is C12H21N5S. The zero-order chi connectivity index (χ0) is 12.4. The minimum absolute atomic E-state index is 0.782. The van der Waals surface area contributed by atoms with E-state index in [1.165, 1.54) is 45.4 Å². The molecule has 0 aromatic carbocycles. The van der Waals surface area contributed by atoms with Gasteiger partial charge in [-0.05, 0) is 38.9 Å². The topological polar surface area (TPSA) is 44.3 Å². The summed E-state index contributed by atoms with van der Waals surface area (Å²) in [5.41, 5.74) is 0. The Kier molecular flexibility index (Phi) is 3.77. The van der Waals surface area contributed by atoms with Gasteiger partial charge in [-0.1, -0.05) is 11.3 Å². The molecule has 2 aliphatic rings. The van der Waals surface area contributed by atoms with Crippen molar-refractivity contribution in [1.82, 2.24) is 20.0 Å². The lowest BCUT2D eigenvalue weighted by Crippen LogP contribution is -2.36. The van der Waals surface area contributed by atoms with Gasteiger partial charge in [0.25, 0.3) is 0 Å². The highest BCUT2D eigenvalue weighted by atomic mass is 32.1. The van der Waals surface area contributed by atoms with Crippen LogP contribution in [-0.2, 0) is 6.54 Å². The molecular weight excluding hydrogens is 246 g/mol. The van der Waals surface area contributed by atoms with E-state index < -0.39 is 0 Å². The van der Waals surface area contributed by atoms with Crippen LogP contribution in [0.1, 0.15) is 24.3 Å². The summed E-state index contributed by atoms with van der Waals surface area (Å²) < 4.78 is 0. The summed E-state index contributed by atoms with van der Waals surface area (Å²) in [6.07, 6.45) is 4.03. The van der Waals surface area contributed by atoms with Crippen molar-refractivity contribution < 1.29 is 0 Å². The van der Waals surface area contributed by atoms with Crippen molar-refractivity contribution in [3.05, 3.63) is 5.01 Å². The van der Waals surface area contributed by atoms with Crippen LogP contribution in [0, 0.1) is 0 Å². The second-order valence-electron chi connectivity index (χ2n) is 5.17. The van der Waals surface area contributed by atoms with Gasteiger partial charge >= 0.3 is 0 Å². The molecule has 1 aromatic rings. The van der Waals surface area contributed by atoms with E-state index in [1.54, 1.807) is 11.3 Å². The maximum absolute atomic E-state index is 4.25. The van der Waals surface area contributed by atoms with Gasteiger partial charge in [0.1, 0.15) is 5.01 Å². The van der Waals surface area contributed by atoms with Crippen LogP contribution in [0.25, 0.3) is 0 Å². The third-order valence-electron chi connectivity index (χ3n) is 3.93. The Morgan fingerprint density at radius 2 is 2.17 bits per heavy atom. The van der Waals surface area contributed by atoms with Gasteiger partial charge in [-0.2, -0.15) is 0 Å². The number of anilines is 1. The monoisotopic (exact) mass is 267 g/mol. The molecule has 100 valence electrons. The van der Waals surface area contributed by atoms with Gasteiger partial charge in [0, 0.05) is 19.6 Å². The minimum atomic E-state index is 0.782. The molecule has 0 radical (unpaired) electrons. The SMILES string of the molecule is CNc1nnc(CN2CCCN3CCCC3C2)s1. The lowest BCUT2D eigenvalue weighted by atomic mass is 10.2. The van der Waals surface area contributed by atoms with E-state index in [0.717, 1.165) is 22.7 Å². The van der Waals surface area contributed by atoms with E-state index in [-0.39, 0.29) is 0 Å². The van der Waals surface area contributed by atoms with E-state index in [1.807, 2.05) is 7.05 Å². The van der Waals surface area contributed by atoms with Crippen molar-refractivity contribution >= 4 is 16.5 Å². The number of rotatable bonds is 3. The van der Waals surface area contributed by atoms with Gasteiger partial charge in [0.2, 0.25) is 5.13 Å². The third-order valence-corrected chi connectivity index (χ3v) is 4.85. The van der Waals surface area contributed by atoms with E-state index >= 15 is 0 Å². The molecule has 2 fully saturated rings. The zero-order valence-electron chi connectivity index (χ0n) is 10.9. The number of hydrogen-bond acceptors (Lipinski definition) is 6. The van der Waals surface area contributed by atoms with E-state index in [2.05, 4.69) is 25.3 Å². The van der Waals surface area contributed by atoms with Crippen LogP contribution < -0.4 is 5.32 Å². The molecule has 3 heterocycles. The van der Waals surface area contributed by atoms with Gasteiger partial charge in [-0.3, -0.25) is 9.80 Å². The fraction of sp³-hybridized carbons (Fsp3) is 0.833. The number of hydrogen-bond donors (Lipinski definition) is 1. The first kappa shape index (κ1) is 12.3. The van der Waals surface area contributed by atoms with Gasteiger partial charge in [-0.25, -0.2) is 0 Å². The maximum atomic E-state index is 4.25. The first-order valence-corrected chi connectivity index (χ1v) is 7.63. The third kappa shape index (κ3) is 2.65. The standard InChI is InChI=1S/C12H21N5S/c1-13-12-15-14-11(18-12)9-16-5-3-7-17-6-2-4-10(17)8-16/h10H,2-9H2,1H3,(H,13,15). The highest BCUT2D eigenvalue weighted by Crippen LogP contribution is 2.23. The predicted octanol–water partition coefficient (Wildman–Crippen LogP) is 1.25. The molecule has 0 spiro atoms. The van der Waals surface area contributed by atoms with E-state index in [4.69, 9.17) is 0 Å². The van der Waals surface area contributed by atoms with Crippen molar-refractivity contribution in [2.24, 2.45) is 0 Å². The van der Waals surface area contributed by atoms with Crippen LogP contribution in [0.4, 0.5) is 5.13 Å². The summed E-state index contributed by atoms with van der Waals surface area (Å²) in [7, 11) is 1.90. The molecule has 2 aliphatic heterocycles. The number of fused-ring (bicyclic) bond motifs is 1. The fourth-order valence-electron chi connectivity index (χ4n) is 3.04. The van der Waals surface area contributed by atoms with Crippen LogP contribution in [0.5, 0.6) is 0 Å². The summed E-state index contributed by atoms with van der Waals surface area (Å²) in [4.78, 5) is 5.22. The van der Waals surface area contributed by atoms with Gasteiger partial charge in [0.15, 0.2) is 0 Å². The molecule has 0 bridgehead atoms. The van der Waals surface area contributed by atoms with Crippen molar-refractivity contribution in [1.29, 1.82) is 0 Å². The highest BCUT2D eigenvalue weighted by molar-refractivity contribution is 7.15. The quantitative estimate of drug-likeness (QED) is 0.893. The molecule has 1 aromatic heterocycles. The van der Waals surface area contributed by atoms with Crippen LogP contribution >= 0.6 is 11.3 Å². The Bertz CT molecular complexity index is 394. The summed E-state index contributed by atoms with van der Waals surface area (Å²) in [5, 5.41) is 13.5. The molecule has 18 heavy (non-hydrogen) atoms. The van der Waals surface area contributed by atoms with E-state index in [9.17, 15) is 0 Å². The Morgan fingerprint density at radius 3 is 3.00 bits per heavy atom. The molecule has 1 N–H and O–H groups in total. The fourth-order valence-corrected chi connectivity index (χ4v) is 3.77. The normalized spacial score (nSPS) is 25.9. The molecule has 1 unspecified atom stereocenters. The lowest BCUT2D eigenvalue weighted by Gasteiger charge is -2.24. The lowest BCUT2D eigenvalue weighted by molar-refractivity contribution is 0.215. The van der Waals surface area contributed by atoms with Crippen molar-refractivity contribution in [3.8, 4) is 0 Å². The molecule has 6 heteroatoms. The molecule has 3 rings (SSSR count). The minimum Gasteiger partial charge on any atom is -0.363 e. The molecule has 5 nitrogen and oxygen atoms in total. The average molecular weight is 267 g/mol. The Morgan fingerprint density at radius 1 is 1.28 bits per heavy atom. The summed E-state index contributed by atoms with van der Waals surface area (Å²) in [6.45, 7) is 5.94. The smallest absolute Gasteiger partial charge is 0.205 e. The summed E-state index contributed by atoms with van der Waals surface area (Å²) in [5.74, 6) is 0. The van der Waals surface area contributed by atoms with Crippen LogP contribution in [-0.4, -0.2) is 59.3 Å². The van der Waals surface area contributed by atoms with Gasteiger partial charge in [0.05, 0.1) is 6.54 Å². The van der Waals surface area contributed by atoms with E-state index in [0.29, 0.717) is 0 Å². The van der Waals surface area contributed by atoms with Crippen LogP contribution in [0.15, 0.2) is 0 Å². The first-order valence-electron chi connectivity index (χ1n) is 6.81. The van der Waals surface area contributed by atoms with Gasteiger partial charge in [-0.15, -0.1) is 10.2 Å². The predicted molar refractivity (Wildman–Crippen MR) is 73.9 cm³/mol. The number of aromatic nitrogens is 2. The van der Waals surface area contributed by atoms with Crippen molar-refractivity contribution in [2.45, 2.75) is 31.8 Å². The molecule has 2 saturated heterocycles. The molecule has 1 atom stereocenters. The van der Waals surface area contributed by atoms with Crippen molar-refractivity contribution in [3.63, 3.8) is 0 Å². The van der Waals surface area contributed by atoms with Crippen LogP contribution in [0.2, 0.25) is 0 Å². The van der Waals surface area contributed by atoms with Crippen LogP contribution in [0.3, 0.4) is 0 Å². The first-order chi connectivity index (χ1) is 8.85. The van der Waals surface area contributed by atoms with Gasteiger partial charge < -0.3 is 5.32 Å². The Labute approximate surface area is 112 Å². The number of nitrogens with one attached hydrogen (secondary N) is 1. The van der Waals surface area contributed by atoms with Crippen molar-refractivity contribution in [2.75, 3.05) is 38.5 Å². The summed E-state index contributed by atoms with van der Waals surface area (Å²) >= 11 is 1.67. The summed E-state index contributed by atoms with van der Waals surface area (Å²) in [6, 6.07) is 0.782. The molecule has 0 aliphatic carbocycles. The second kappa shape index (κ2) is 5.50. The maximum Gasteiger partial charge on any atom is 0.205 e. The Hall–Kier alpha value is -0.720.